The van der Waals surface area contributed by atoms with E-state index in [2.05, 4.69) is 60.9 Å². The lowest BCUT2D eigenvalue weighted by Gasteiger charge is -2.20. The first kappa shape index (κ1) is 20.2. The van der Waals surface area contributed by atoms with Gasteiger partial charge in [-0.15, -0.1) is 11.3 Å². The molecule has 1 aliphatic heterocycles. The highest BCUT2D eigenvalue weighted by atomic mass is 32.1. The van der Waals surface area contributed by atoms with Crippen LogP contribution in [0.2, 0.25) is 0 Å². The number of fused-ring (bicyclic) bond motifs is 2. The fourth-order valence-electron chi connectivity index (χ4n) is 4.62. The average Bonchev–Trinajstić information content (AvgIpc) is 3.48. The van der Waals surface area contributed by atoms with Crippen LogP contribution in [-0.2, 0) is 0 Å². The molecule has 4 aromatic rings. The van der Waals surface area contributed by atoms with Crippen LogP contribution < -0.4 is 0 Å². The average molecular weight is 437 g/mol. The van der Waals surface area contributed by atoms with Crippen molar-refractivity contribution in [3.63, 3.8) is 0 Å². The fourth-order valence-corrected chi connectivity index (χ4v) is 5.90. The van der Waals surface area contributed by atoms with E-state index in [1.807, 2.05) is 21.7 Å². The van der Waals surface area contributed by atoms with E-state index in [9.17, 15) is 4.79 Å². The van der Waals surface area contributed by atoms with Crippen molar-refractivity contribution in [3.05, 3.63) is 40.7 Å². The summed E-state index contributed by atoms with van der Waals surface area (Å²) in [6.07, 6.45) is 4.64. The summed E-state index contributed by atoms with van der Waals surface area (Å²) >= 11 is 1.61. The first-order valence-electron chi connectivity index (χ1n) is 10.7. The molecule has 1 fully saturated rings. The predicted molar refractivity (Wildman–Crippen MR) is 125 cm³/mol. The molecule has 4 aromatic heterocycles. The number of amides is 1. The van der Waals surface area contributed by atoms with Gasteiger partial charge in [0.2, 0.25) is 0 Å². The summed E-state index contributed by atoms with van der Waals surface area (Å²) in [5.74, 6) is 0.470. The Morgan fingerprint density at radius 1 is 1.32 bits per heavy atom. The molecule has 0 aliphatic carbocycles. The molecule has 7 nitrogen and oxygen atoms in total. The van der Waals surface area contributed by atoms with Crippen LogP contribution >= 0.6 is 11.3 Å². The van der Waals surface area contributed by atoms with Crippen LogP contribution in [0.4, 0.5) is 0 Å². The van der Waals surface area contributed by atoms with Gasteiger partial charge in [-0.25, -0.2) is 9.50 Å². The number of aryl methyl sites for hydroxylation is 1. The second-order valence-corrected chi connectivity index (χ2v) is 10.1. The van der Waals surface area contributed by atoms with Crippen molar-refractivity contribution >= 4 is 33.1 Å². The van der Waals surface area contributed by atoms with Gasteiger partial charge >= 0.3 is 0 Å². The highest BCUT2D eigenvalue weighted by Crippen LogP contribution is 2.40. The summed E-state index contributed by atoms with van der Waals surface area (Å²) in [4.78, 5) is 26.1. The first-order chi connectivity index (χ1) is 14.8. The smallest absolute Gasteiger partial charge is 0.264 e. The highest BCUT2D eigenvalue weighted by Gasteiger charge is 2.30. The van der Waals surface area contributed by atoms with Gasteiger partial charge in [0.25, 0.3) is 5.91 Å². The Labute approximate surface area is 185 Å². The molecule has 0 aromatic carbocycles. The molecular weight excluding hydrogens is 408 g/mol. The summed E-state index contributed by atoms with van der Waals surface area (Å²) in [5, 5.41) is 4.32. The number of nitrogens with one attached hydrogen (secondary N) is 1. The number of thiophene rings is 1. The van der Waals surface area contributed by atoms with Gasteiger partial charge in [-0.05, 0) is 56.6 Å². The molecule has 0 bridgehead atoms. The zero-order valence-electron chi connectivity index (χ0n) is 18.6. The van der Waals surface area contributed by atoms with E-state index in [1.54, 1.807) is 17.7 Å². The van der Waals surface area contributed by atoms with E-state index in [-0.39, 0.29) is 5.91 Å². The Morgan fingerprint density at radius 3 is 2.84 bits per heavy atom. The number of nitrogens with zero attached hydrogens (tertiary/aromatic N) is 5. The van der Waals surface area contributed by atoms with Crippen molar-refractivity contribution in [2.24, 2.45) is 0 Å². The van der Waals surface area contributed by atoms with Gasteiger partial charge in [0, 0.05) is 30.9 Å². The number of pyridine rings is 1. The number of likely N-dealkylation sites (N-methyl/N-ethyl adjacent to an activating group) is 1. The maximum Gasteiger partial charge on any atom is 0.264 e. The molecule has 1 saturated heterocycles. The largest absolute Gasteiger partial charge is 0.354 e. The van der Waals surface area contributed by atoms with Crippen molar-refractivity contribution in [2.75, 3.05) is 27.2 Å². The van der Waals surface area contributed by atoms with Gasteiger partial charge < -0.3 is 14.8 Å². The molecule has 1 amide bonds. The maximum atomic E-state index is 13.2. The lowest BCUT2D eigenvalue weighted by atomic mass is 9.99. The molecule has 31 heavy (non-hydrogen) atoms. The van der Waals surface area contributed by atoms with Crippen molar-refractivity contribution in [3.8, 4) is 11.3 Å². The zero-order chi connectivity index (χ0) is 21.9. The van der Waals surface area contributed by atoms with Gasteiger partial charge in [0.15, 0.2) is 5.65 Å². The van der Waals surface area contributed by atoms with Crippen molar-refractivity contribution < 1.29 is 4.79 Å². The number of hydrogen-bond donors (Lipinski definition) is 1. The van der Waals surface area contributed by atoms with Gasteiger partial charge in [-0.1, -0.05) is 13.8 Å². The minimum Gasteiger partial charge on any atom is -0.354 e. The van der Waals surface area contributed by atoms with E-state index in [0.29, 0.717) is 12.0 Å². The predicted octanol–water partition coefficient (Wildman–Crippen LogP) is 4.15. The number of H-pyrrole nitrogens is 1. The third-order valence-electron chi connectivity index (χ3n) is 6.32. The first-order valence-corrected chi connectivity index (χ1v) is 11.6. The van der Waals surface area contributed by atoms with Gasteiger partial charge in [-0.2, -0.15) is 5.10 Å². The van der Waals surface area contributed by atoms with E-state index >= 15 is 0 Å². The number of likely N-dealkylation sites (tertiary alicyclic amines) is 1. The van der Waals surface area contributed by atoms with Crippen molar-refractivity contribution in [1.82, 2.24) is 29.4 Å². The molecule has 0 unspecified atom stereocenters. The van der Waals surface area contributed by atoms with Crippen LogP contribution in [-0.4, -0.2) is 68.5 Å². The molecule has 0 saturated carbocycles. The van der Waals surface area contributed by atoms with Crippen LogP contribution in [0, 0.1) is 6.92 Å². The van der Waals surface area contributed by atoms with Gasteiger partial charge in [0.05, 0.1) is 20.8 Å². The molecule has 1 atom stereocenters. The molecular formula is C23H28N6OS. The van der Waals surface area contributed by atoms with E-state index in [1.165, 1.54) is 10.3 Å². The minimum atomic E-state index is 0.148. The lowest BCUT2D eigenvalue weighted by molar-refractivity contribution is 0.0788. The Kier molecular flexibility index (Phi) is 4.86. The number of carbonyl (C=O) groups excluding carboxylic acids is 1. The van der Waals surface area contributed by atoms with Crippen molar-refractivity contribution in [1.29, 1.82) is 0 Å². The Bertz CT molecular complexity index is 1280. The standard InChI is InChI=1S/C23H28N6OS/c1-13(2)19-20(15-8-14(3)22-24-12-25-29(22)10-15)26-17-9-18(31-21(17)19)23(30)28-7-6-16(11-28)27(4)5/h8-10,12-13,16,26H,6-7,11H2,1-5H3/t16-/m1/s1. The van der Waals surface area contributed by atoms with E-state index in [0.717, 1.165) is 52.4 Å². The van der Waals surface area contributed by atoms with Crippen LogP contribution in [0.1, 0.15) is 47.0 Å². The van der Waals surface area contributed by atoms with Crippen LogP contribution in [0.15, 0.2) is 24.7 Å². The van der Waals surface area contributed by atoms with Gasteiger partial charge in [0.1, 0.15) is 6.33 Å². The third kappa shape index (κ3) is 3.34. The summed E-state index contributed by atoms with van der Waals surface area (Å²) < 4.78 is 3.00. The number of hydrogen-bond acceptors (Lipinski definition) is 5. The summed E-state index contributed by atoms with van der Waals surface area (Å²) in [5.41, 5.74) is 6.44. The molecule has 5 rings (SSSR count). The quantitative estimate of drug-likeness (QED) is 0.522. The molecule has 0 spiro atoms. The monoisotopic (exact) mass is 436 g/mol. The molecule has 1 aliphatic rings. The van der Waals surface area contributed by atoms with E-state index < -0.39 is 0 Å². The summed E-state index contributed by atoms with van der Waals surface area (Å²) in [6.45, 7) is 8.10. The number of aromatic amines is 1. The Hall–Kier alpha value is -2.71. The molecule has 8 heteroatoms. The third-order valence-corrected chi connectivity index (χ3v) is 7.48. The molecule has 0 radical (unpaired) electrons. The topological polar surface area (TPSA) is 69.5 Å². The zero-order valence-corrected chi connectivity index (χ0v) is 19.5. The second kappa shape index (κ2) is 7.46. The summed E-state index contributed by atoms with van der Waals surface area (Å²) in [6, 6.07) is 4.63. The van der Waals surface area contributed by atoms with E-state index in [4.69, 9.17) is 0 Å². The Balaban J connectivity index is 1.54. The fraction of sp³-hybridized carbons (Fsp3) is 0.435. The SMILES string of the molecule is Cc1cc(-c2[nH]c3cc(C(=O)N4CC[C@@H](N(C)C)C4)sc3c2C(C)C)cn2ncnc12. The molecule has 1 N–H and O–H groups in total. The van der Waals surface area contributed by atoms with Crippen LogP contribution in [0.5, 0.6) is 0 Å². The van der Waals surface area contributed by atoms with Crippen LogP contribution in [0.3, 0.4) is 0 Å². The number of rotatable bonds is 4. The second-order valence-electron chi connectivity index (χ2n) is 9.02. The Morgan fingerprint density at radius 2 is 2.13 bits per heavy atom. The van der Waals surface area contributed by atoms with Crippen molar-refractivity contribution in [2.45, 2.75) is 39.2 Å². The number of aromatic nitrogens is 4. The molecule has 5 heterocycles. The highest BCUT2D eigenvalue weighted by molar-refractivity contribution is 7.21. The van der Waals surface area contributed by atoms with Crippen LogP contribution in [0.25, 0.3) is 27.1 Å². The van der Waals surface area contributed by atoms with Gasteiger partial charge in [-0.3, -0.25) is 4.79 Å². The minimum absolute atomic E-state index is 0.148. The molecule has 162 valence electrons. The summed E-state index contributed by atoms with van der Waals surface area (Å²) in [7, 11) is 4.17. The number of carbonyl (C=O) groups is 1. The normalized spacial score (nSPS) is 17.1. The lowest BCUT2D eigenvalue weighted by Crippen LogP contribution is -2.34. The maximum absolute atomic E-state index is 13.2.